The molecular formula is C17H18FN3O6S2. The molecule has 0 saturated carbocycles. The second-order valence-corrected chi connectivity index (χ2v) is 9.23. The highest BCUT2D eigenvalue weighted by Gasteiger charge is 2.20. The Bertz CT molecular complexity index is 1120. The summed E-state index contributed by atoms with van der Waals surface area (Å²) < 4.78 is 65.8. The highest BCUT2D eigenvalue weighted by atomic mass is 32.2. The topological polar surface area (TPSA) is 139 Å². The summed E-state index contributed by atoms with van der Waals surface area (Å²) in [5.74, 6) is -2.23. The van der Waals surface area contributed by atoms with Crippen LogP contribution in [0.3, 0.4) is 0 Å². The molecule has 156 valence electrons. The third kappa shape index (κ3) is 6.34. The molecule has 0 radical (unpaired) electrons. The lowest BCUT2D eigenvalue weighted by Gasteiger charge is -2.09. The van der Waals surface area contributed by atoms with Crippen LogP contribution in [0.15, 0.2) is 58.3 Å². The van der Waals surface area contributed by atoms with Crippen molar-refractivity contribution in [3.8, 4) is 0 Å². The summed E-state index contributed by atoms with van der Waals surface area (Å²) in [6.45, 7) is 0.866. The van der Waals surface area contributed by atoms with Gasteiger partial charge in [-0.15, -0.1) is 0 Å². The Morgan fingerprint density at radius 2 is 1.55 bits per heavy atom. The van der Waals surface area contributed by atoms with Crippen LogP contribution >= 0.6 is 0 Å². The van der Waals surface area contributed by atoms with E-state index in [-0.39, 0.29) is 10.8 Å². The standard InChI is InChI=1S/C17H18FN3O6S2/c1-12(22)20-13-6-8-14(9-7-13)28(24,25)21-17(23)10-11-19-29(26,27)16-5-3-2-4-15(16)18/h2-9,19H,10-11H2,1H3,(H,20,22)(H,21,23). The van der Waals surface area contributed by atoms with Crippen molar-refractivity contribution in [3.63, 3.8) is 0 Å². The van der Waals surface area contributed by atoms with Crippen molar-refractivity contribution in [2.75, 3.05) is 11.9 Å². The number of halogens is 1. The minimum Gasteiger partial charge on any atom is -0.326 e. The molecule has 9 nitrogen and oxygen atoms in total. The lowest BCUT2D eigenvalue weighted by atomic mass is 10.3. The Hall–Kier alpha value is -2.83. The van der Waals surface area contributed by atoms with E-state index in [2.05, 4.69) is 5.32 Å². The van der Waals surface area contributed by atoms with E-state index in [4.69, 9.17) is 0 Å². The molecule has 0 fully saturated rings. The van der Waals surface area contributed by atoms with Crippen molar-refractivity contribution in [1.29, 1.82) is 0 Å². The maximum Gasteiger partial charge on any atom is 0.264 e. The highest BCUT2D eigenvalue weighted by molar-refractivity contribution is 7.90. The molecule has 0 bridgehead atoms. The van der Waals surface area contributed by atoms with Gasteiger partial charge in [-0.1, -0.05) is 12.1 Å². The van der Waals surface area contributed by atoms with Gasteiger partial charge < -0.3 is 5.32 Å². The average molecular weight is 443 g/mol. The number of benzene rings is 2. The van der Waals surface area contributed by atoms with Gasteiger partial charge >= 0.3 is 0 Å². The summed E-state index contributed by atoms with van der Waals surface area (Å²) in [5, 5.41) is 2.47. The average Bonchev–Trinajstić information content (AvgIpc) is 2.61. The minimum absolute atomic E-state index is 0.216. The second kappa shape index (κ2) is 9.11. The zero-order valence-electron chi connectivity index (χ0n) is 15.2. The van der Waals surface area contributed by atoms with Gasteiger partial charge in [0.25, 0.3) is 10.0 Å². The van der Waals surface area contributed by atoms with Gasteiger partial charge in [-0.2, -0.15) is 0 Å². The van der Waals surface area contributed by atoms with Gasteiger partial charge in [-0.3, -0.25) is 9.59 Å². The highest BCUT2D eigenvalue weighted by Crippen LogP contribution is 2.15. The van der Waals surface area contributed by atoms with E-state index in [0.29, 0.717) is 5.69 Å². The van der Waals surface area contributed by atoms with Crippen LogP contribution in [-0.2, 0) is 29.6 Å². The maximum atomic E-state index is 13.6. The molecule has 2 rings (SSSR count). The van der Waals surface area contributed by atoms with Crippen molar-refractivity contribution in [2.45, 2.75) is 23.1 Å². The van der Waals surface area contributed by atoms with E-state index in [1.54, 1.807) is 0 Å². The summed E-state index contributed by atoms with van der Waals surface area (Å²) in [7, 11) is -8.37. The van der Waals surface area contributed by atoms with Gasteiger partial charge in [-0.05, 0) is 36.4 Å². The smallest absolute Gasteiger partial charge is 0.264 e. The van der Waals surface area contributed by atoms with Crippen molar-refractivity contribution in [2.24, 2.45) is 0 Å². The first-order chi connectivity index (χ1) is 13.5. The van der Waals surface area contributed by atoms with Crippen molar-refractivity contribution >= 4 is 37.5 Å². The first kappa shape index (κ1) is 22.5. The summed E-state index contributed by atoms with van der Waals surface area (Å²) in [6, 6.07) is 9.80. The molecule has 2 aromatic carbocycles. The van der Waals surface area contributed by atoms with E-state index >= 15 is 0 Å². The van der Waals surface area contributed by atoms with Crippen LogP contribution < -0.4 is 14.8 Å². The number of carbonyl (C=O) groups excluding carboxylic acids is 2. The third-order valence-electron chi connectivity index (χ3n) is 3.50. The van der Waals surface area contributed by atoms with Crippen LogP contribution in [0.25, 0.3) is 0 Å². The summed E-state index contributed by atoms with van der Waals surface area (Å²) in [4.78, 5) is 22.0. The zero-order chi connectivity index (χ0) is 21.7. The predicted octanol–water partition coefficient (Wildman–Crippen LogP) is 0.958. The first-order valence-electron chi connectivity index (χ1n) is 8.19. The molecule has 29 heavy (non-hydrogen) atoms. The summed E-state index contributed by atoms with van der Waals surface area (Å²) in [5.41, 5.74) is 0.380. The molecule has 2 amide bonds. The Kier molecular flexibility index (Phi) is 7.06. The monoisotopic (exact) mass is 443 g/mol. The summed E-state index contributed by atoms with van der Waals surface area (Å²) in [6.07, 6.45) is -0.489. The number of rotatable bonds is 8. The molecule has 0 aliphatic rings. The number of hydrogen-bond acceptors (Lipinski definition) is 6. The molecule has 0 atom stereocenters. The molecule has 3 N–H and O–H groups in total. The largest absolute Gasteiger partial charge is 0.326 e. The van der Waals surface area contributed by atoms with Gasteiger partial charge in [-0.25, -0.2) is 30.7 Å². The molecule has 0 saturated heterocycles. The van der Waals surface area contributed by atoms with Crippen LogP contribution in [0.5, 0.6) is 0 Å². The SMILES string of the molecule is CC(=O)Nc1ccc(S(=O)(=O)NC(=O)CCNS(=O)(=O)c2ccccc2F)cc1. The van der Waals surface area contributed by atoms with E-state index in [0.717, 1.165) is 12.1 Å². The molecule has 12 heteroatoms. The fourth-order valence-electron chi connectivity index (χ4n) is 2.22. The Morgan fingerprint density at radius 3 is 2.14 bits per heavy atom. The minimum atomic E-state index is -4.19. The third-order valence-corrected chi connectivity index (χ3v) is 6.39. The van der Waals surface area contributed by atoms with E-state index in [1.807, 2.05) is 9.44 Å². The molecule has 0 aliphatic heterocycles. The zero-order valence-corrected chi connectivity index (χ0v) is 16.8. The van der Waals surface area contributed by atoms with E-state index < -0.39 is 49.6 Å². The molecule has 0 aromatic heterocycles. The van der Waals surface area contributed by atoms with Crippen LogP contribution in [-0.4, -0.2) is 35.2 Å². The number of anilines is 1. The van der Waals surface area contributed by atoms with Crippen LogP contribution in [0, 0.1) is 5.82 Å². The van der Waals surface area contributed by atoms with E-state index in [1.165, 1.54) is 43.3 Å². The van der Waals surface area contributed by atoms with Crippen molar-refractivity contribution in [3.05, 3.63) is 54.3 Å². The van der Waals surface area contributed by atoms with E-state index in [9.17, 15) is 30.8 Å². The van der Waals surface area contributed by atoms with Gasteiger partial charge in [0.15, 0.2) is 0 Å². The quantitative estimate of drug-likeness (QED) is 0.555. The van der Waals surface area contributed by atoms with Crippen molar-refractivity contribution < 1.29 is 30.8 Å². The lowest BCUT2D eigenvalue weighted by Crippen LogP contribution is -2.34. The molecule has 0 aliphatic carbocycles. The molecule has 0 spiro atoms. The summed E-state index contributed by atoms with van der Waals surface area (Å²) >= 11 is 0. The Balaban J connectivity index is 1.94. The van der Waals surface area contributed by atoms with Gasteiger partial charge in [0.1, 0.15) is 10.7 Å². The molecular weight excluding hydrogens is 425 g/mol. The van der Waals surface area contributed by atoms with Gasteiger partial charge in [0.05, 0.1) is 4.90 Å². The lowest BCUT2D eigenvalue weighted by molar-refractivity contribution is -0.119. The number of nitrogens with one attached hydrogen (secondary N) is 3. The maximum absolute atomic E-state index is 13.6. The van der Waals surface area contributed by atoms with Crippen LogP contribution in [0.4, 0.5) is 10.1 Å². The first-order valence-corrected chi connectivity index (χ1v) is 11.2. The predicted molar refractivity (Wildman–Crippen MR) is 102 cm³/mol. The number of carbonyl (C=O) groups is 2. The normalized spacial score (nSPS) is 11.7. The second-order valence-electron chi connectivity index (χ2n) is 5.81. The number of amides is 2. The molecule has 0 unspecified atom stereocenters. The van der Waals surface area contributed by atoms with Crippen LogP contribution in [0.1, 0.15) is 13.3 Å². The Morgan fingerprint density at radius 1 is 0.931 bits per heavy atom. The van der Waals surface area contributed by atoms with Crippen LogP contribution in [0.2, 0.25) is 0 Å². The fourth-order valence-corrected chi connectivity index (χ4v) is 4.34. The van der Waals surface area contributed by atoms with Gasteiger partial charge in [0, 0.05) is 25.6 Å². The van der Waals surface area contributed by atoms with Crippen molar-refractivity contribution in [1.82, 2.24) is 9.44 Å². The van der Waals surface area contributed by atoms with Gasteiger partial charge in [0.2, 0.25) is 21.8 Å². The number of hydrogen-bond donors (Lipinski definition) is 3. The molecule has 2 aromatic rings. The fraction of sp³-hybridized carbons (Fsp3) is 0.176. The number of sulfonamides is 2. The Labute approximate surface area is 167 Å². The molecule has 0 heterocycles.